The number of nitrogens with zero attached hydrogens (tertiary/aromatic N) is 1. The number of rotatable bonds is 3. The van der Waals surface area contributed by atoms with Gasteiger partial charge < -0.3 is 5.11 Å². The second-order valence-electron chi connectivity index (χ2n) is 2.60. The van der Waals surface area contributed by atoms with Gasteiger partial charge in [0.1, 0.15) is 5.56 Å². The number of hydrogen-bond donors (Lipinski definition) is 1. The zero-order valence-corrected chi connectivity index (χ0v) is 8.76. The molecule has 0 unspecified atom stereocenters. The summed E-state index contributed by atoms with van der Waals surface area (Å²) in [5.41, 5.74) is -1.93. The van der Waals surface area contributed by atoms with Crippen molar-refractivity contribution < 1.29 is 23.1 Å². The maximum Gasteiger partial charge on any atom is 0.340 e. The standard InChI is InChI=1S/C8H5BrF3NO2/c9-1-3-2-13-7(12)5(8(14)15)4(3)6(10)11/h2,6H,1H2,(H,14,15). The van der Waals surface area contributed by atoms with Crippen LogP contribution in [0.15, 0.2) is 6.20 Å². The van der Waals surface area contributed by atoms with E-state index >= 15 is 0 Å². The van der Waals surface area contributed by atoms with Crippen molar-refractivity contribution in [1.29, 1.82) is 0 Å². The Labute approximate surface area is 91.1 Å². The summed E-state index contributed by atoms with van der Waals surface area (Å²) in [6, 6.07) is 0. The van der Waals surface area contributed by atoms with Gasteiger partial charge in [0.05, 0.1) is 0 Å². The van der Waals surface area contributed by atoms with Gasteiger partial charge in [-0.1, -0.05) is 15.9 Å². The van der Waals surface area contributed by atoms with Crippen LogP contribution in [0.2, 0.25) is 0 Å². The molecule has 0 aromatic carbocycles. The summed E-state index contributed by atoms with van der Waals surface area (Å²) in [4.78, 5) is 13.7. The molecule has 0 spiro atoms. The largest absolute Gasteiger partial charge is 0.478 e. The molecule has 0 radical (unpaired) electrons. The number of hydrogen-bond acceptors (Lipinski definition) is 2. The van der Waals surface area contributed by atoms with E-state index in [4.69, 9.17) is 5.11 Å². The van der Waals surface area contributed by atoms with Crippen molar-refractivity contribution in [3.8, 4) is 0 Å². The molecule has 1 N–H and O–H groups in total. The van der Waals surface area contributed by atoms with E-state index < -0.39 is 29.5 Å². The Morgan fingerprint density at radius 2 is 2.20 bits per heavy atom. The predicted molar refractivity (Wildman–Crippen MR) is 48.7 cm³/mol. The van der Waals surface area contributed by atoms with Crippen LogP contribution in [-0.2, 0) is 5.33 Å². The minimum absolute atomic E-state index is 0.0137. The van der Waals surface area contributed by atoms with Crippen molar-refractivity contribution >= 4 is 21.9 Å². The fraction of sp³-hybridized carbons (Fsp3) is 0.250. The number of aromatic carboxylic acids is 1. The van der Waals surface area contributed by atoms with Crippen LogP contribution in [0.3, 0.4) is 0 Å². The SMILES string of the molecule is O=C(O)c1c(F)ncc(CBr)c1C(F)F. The lowest BCUT2D eigenvalue weighted by molar-refractivity contribution is 0.0676. The lowest BCUT2D eigenvalue weighted by Crippen LogP contribution is -2.11. The van der Waals surface area contributed by atoms with Crippen LogP contribution >= 0.6 is 15.9 Å². The van der Waals surface area contributed by atoms with E-state index in [0.29, 0.717) is 0 Å². The molecular weight excluding hydrogens is 279 g/mol. The van der Waals surface area contributed by atoms with Crippen LogP contribution in [0.1, 0.15) is 27.9 Å². The smallest absolute Gasteiger partial charge is 0.340 e. The molecule has 1 aromatic heterocycles. The number of carbonyl (C=O) groups is 1. The van der Waals surface area contributed by atoms with E-state index in [0.717, 1.165) is 6.20 Å². The second-order valence-corrected chi connectivity index (χ2v) is 3.16. The van der Waals surface area contributed by atoms with Crippen LogP contribution in [0.4, 0.5) is 13.2 Å². The molecule has 0 aliphatic heterocycles. The third-order valence-electron chi connectivity index (χ3n) is 1.73. The molecule has 0 atom stereocenters. The highest BCUT2D eigenvalue weighted by molar-refractivity contribution is 9.08. The summed E-state index contributed by atoms with van der Waals surface area (Å²) < 4.78 is 38.0. The Bertz CT molecular complexity index is 398. The van der Waals surface area contributed by atoms with E-state index in [2.05, 4.69) is 20.9 Å². The van der Waals surface area contributed by atoms with Gasteiger partial charge in [-0.2, -0.15) is 4.39 Å². The van der Waals surface area contributed by atoms with E-state index in [1.807, 2.05) is 0 Å². The summed E-state index contributed by atoms with van der Waals surface area (Å²) in [5.74, 6) is -3.15. The van der Waals surface area contributed by atoms with Gasteiger partial charge in [-0.15, -0.1) is 0 Å². The predicted octanol–water partition coefficient (Wildman–Crippen LogP) is 2.75. The molecule has 1 heterocycles. The lowest BCUT2D eigenvalue weighted by atomic mass is 10.1. The second kappa shape index (κ2) is 4.61. The van der Waals surface area contributed by atoms with Crippen molar-refractivity contribution in [2.45, 2.75) is 11.8 Å². The molecule has 0 aliphatic carbocycles. The van der Waals surface area contributed by atoms with Gasteiger partial charge in [0.25, 0.3) is 6.43 Å². The third kappa shape index (κ3) is 2.28. The molecule has 0 aliphatic rings. The molecular formula is C8H5BrF3NO2. The Morgan fingerprint density at radius 3 is 2.60 bits per heavy atom. The van der Waals surface area contributed by atoms with Gasteiger partial charge in [0, 0.05) is 17.1 Å². The van der Waals surface area contributed by atoms with E-state index in [1.54, 1.807) is 0 Å². The summed E-state index contributed by atoms with van der Waals surface area (Å²) >= 11 is 2.90. The molecule has 0 saturated carbocycles. The van der Waals surface area contributed by atoms with Crippen LogP contribution in [0.5, 0.6) is 0 Å². The van der Waals surface area contributed by atoms with Gasteiger partial charge in [0.2, 0.25) is 5.95 Å². The Hall–Kier alpha value is -1.11. The first-order valence-electron chi connectivity index (χ1n) is 3.73. The first kappa shape index (κ1) is 12.0. The van der Waals surface area contributed by atoms with E-state index in [1.165, 1.54) is 0 Å². The van der Waals surface area contributed by atoms with Gasteiger partial charge >= 0.3 is 5.97 Å². The molecule has 0 saturated heterocycles. The Balaban J connectivity index is 3.51. The van der Waals surface area contributed by atoms with Gasteiger partial charge in [-0.05, 0) is 5.56 Å². The minimum atomic E-state index is -3.05. The minimum Gasteiger partial charge on any atom is -0.478 e. The molecule has 0 amide bonds. The highest BCUT2D eigenvalue weighted by Crippen LogP contribution is 2.28. The van der Waals surface area contributed by atoms with Crippen LogP contribution < -0.4 is 0 Å². The van der Waals surface area contributed by atoms with E-state index in [9.17, 15) is 18.0 Å². The normalized spacial score (nSPS) is 10.7. The lowest BCUT2D eigenvalue weighted by Gasteiger charge is -2.09. The summed E-state index contributed by atoms with van der Waals surface area (Å²) in [6.07, 6.45) is -2.17. The zero-order chi connectivity index (χ0) is 11.6. The fourth-order valence-electron chi connectivity index (χ4n) is 1.10. The number of carboxylic acid groups (broad SMARTS) is 1. The number of pyridine rings is 1. The van der Waals surface area contributed by atoms with Gasteiger partial charge in [-0.3, -0.25) is 0 Å². The van der Waals surface area contributed by atoms with E-state index in [-0.39, 0.29) is 10.9 Å². The molecule has 0 fully saturated rings. The molecule has 1 rings (SSSR count). The highest BCUT2D eigenvalue weighted by Gasteiger charge is 2.26. The monoisotopic (exact) mass is 283 g/mol. The van der Waals surface area contributed by atoms with Crippen LogP contribution in [-0.4, -0.2) is 16.1 Å². The van der Waals surface area contributed by atoms with Crippen LogP contribution in [0, 0.1) is 5.95 Å². The van der Waals surface area contributed by atoms with Gasteiger partial charge in [-0.25, -0.2) is 18.6 Å². The van der Waals surface area contributed by atoms with Crippen molar-refractivity contribution in [1.82, 2.24) is 4.98 Å². The molecule has 82 valence electrons. The number of alkyl halides is 3. The molecule has 7 heteroatoms. The molecule has 15 heavy (non-hydrogen) atoms. The van der Waals surface area contributed by atoms with Crippen molar-refractivity contribution in [3.63, 3.8) is 0 Å². The van der Waals surface area contributed by atoms with Crippen LogP contribution in [0.25, 0.3) is 0 Å². The average Bonchev–Trinajstić information content (AvgIpc) is 2.16. The number of halogens is 4. The maximum absolute atomic E-state index is 12.9. The Morgan fingerprint density at radius 1 is 1.60 bits per heavy atom. The van der Waals surface area contributed by atoms with Crippen molar-refractivity contribution in [3.05, 3.63) is 28.8 Å². The molecule has 3 nitrogen and oxygen atoms in total. The van der Waals surface area contributed by atoms with Crippen molar-refractivity contribution in [2.75, 3.05) is 0 Å². The third-order valence-corrected chi connectivity index (χ3v) is 2.34. The molecule has 1 aromatic rings. The van der Waals surface area contributed by atoms with Gasteiger partial charge in [0.15, 0.2) is 0 Å². The summed E-state index contributed by atoms with van der Waals surface area (Å²) in [6.45, 7) is 0. The zero-order valence-electron chi connectivity index (χ0n) is 7.18. The molecule has 0 bridgehead atoms. The summed E-state index contributed by atoms with van der Waals surface area (Å²) in [5, 5.41) is 8.57. The maximum atomic E-state index is 12.9. The first-order valence-corrected chi connectivity index (χ1v) is 4.85. The van der Waals surface area contributed by atoms with Crippen molar-refractivity contribution in [2.24, 2.45) is 0 Å². The average molecular weight is 284 g/mol. The first-order chi connectivity index (χ1) is 6.99. The fourth-order valence-corrected chi connectivity index (χ4v) is 1.55. The summed E-state index contributed by atoms with van der Waals surface area (Å²) in [7, 11) is 0. The highest BCUT2D eigenvalue weighted by atomic mass is 79.9. The number of aromatic nitrogens is 1. The topological polar surface area (TPSA) is 50.2 Å². The quantitative estimate of drug-likeness (QED) is 0.686. The Kier molecular flexibility index (Phi) is 3.67. The number of carboxylic acids is 1.